The standard InChI is InChI=1S/C30H40N4O3/c1-19(2)13-29(36)34-26-12-11-24(30(37)32-18-22-6-4-5-21(14-22)17-31)15-25(26)33-28(35)16-27(34)23-9-7-20(3)8-10-23/h7-12,15,19,21-22,27H,4-6,13-14,16-18,31H2,1-3H3,(H,32,37)(H,33,35). The van der Waals surface area contributed by atoms with Gasteiger partial charge in [0.1, 0.15) is 0 Å². The van der Waals surface area contributed by atoms with E-state index in [1.54, 1.807) is 23.1 Å². The molecule has 4 rings (SSSR count). The molecule has 1 aliphatic heterocycles. The van der Waals surface area contributed by atoms with Gasteiger partial charge in [0.15, 0.2) is 0 Å². The number of rotatable bonds is 7. The molecule has 0 bridgehead atoms. The lowest BCUT2D eigenvalue weighted by atomic mass is 9.81. The highest BCUT2D eigenvalue weighted by Gasteiger charge is 2.34. The topological polar surface area (TPSA) is 105 Å². The van der Waals surface area contributed by atoms with Gasteiger partial charge in [-0.25, -0.2) is 0 Å². The van der Waals surface area contributed by atoms with Crippen molar-refractivity contribution in [1.82, 2.24) is 5.32 Å². The molecule has 1 heterocycles. The molecule has 0 radical (unpaired) electrons. The lowest BCUT2D eigenvalue weighted by molar-refractivity contribution is -0.120. The van der Waals surface area contributed by atoms with E-state index in [0.29, 0.717) is 48.3 Å². The first-order chi connectivity index (χ1) is 17.7. The molecule has 2 aromatic carbocycles. The van der Waals surface area contributed by atoms with Crippen LogP contribution in [-0.4, -0.2) is 30.8 Å². The number of benzene rings is 2. The molecule has 3 atom stereocenters. The fourth-order valence-electron chi connectivity index (χ4n) is 5.58. The fraction of sp³-hybridized carbons (Fsp3) is 0.500. The predicted octanol–water partition coefficient (Wildman–Crippen LogP) is 4.95. The Bertz CT molecular complexity index is 1130. The summed E-state index contributed by atoms with van der Waals surface area (Å²) < 4.78 is 0. The highest BCUT2D eigenvalue weighted by atomic mass is 16.2. The van der Waals surface area contributed by atoms with Gasteiger partial charge in [-0.1, -0.05) is 50.1 Å². The summed E-state index contributed by atoms with van der Waals surface area (Å²) in [6.45, 7) is 7.35. The lowest BCUT2D eigenvalue weighted by Gasteiger charge is -2.31. The smallest absolute Gasteiger partial charge is 0.251 e. The van der Waals surface area contributed by atoms with Crippen molar-refractivity contribution in [2.75, 3.05) is 23.3 Å². The Morgan fingerprint density at radius 3 is 2.54 bits per heavy atom. The van der Waals surface area contributed by atoms with Crippen molar-refractivity contribution < 1.29 is 14.4 Å². The summed E-state index contributed by atoms with van der Waals surface area (Å²) in [7, 11) is 0. The van der Waals surface area contributed by atoms with Gasteiger partial charge >= 0.3 is 0 Å². The number of anilines is 2. The minimum absolute atomic E-state index is 0.0396. The first kappa shape index (κ1) is 26.9. The maximum absolute atomic E-state index is 13.5. The molecule has 4 N–H and O–H groups in total. The van der Waals surface area contributed by atoms with Gasteiger partial charge in [-0.15, -0.1) is 0 Å². The van der Waals surface area contributed by atoms with E-state index in [-0.39, 0.29) is 30.1 Å². The van der Waals surface area contributed by atoms with Crippen molar-refractivity contribution in [3.8, 4) is 0 Å². The second-order valence-corrected chi connectivity index (χ2v) is 11.1. The molecular formula is C30H40N4O3. The second kappa shape index (κ2) is 11.9. The van der Waals surface area contributed by atoms with Gasteiger partial charge in [0.05, 0.1) is 23.8 Å². The van der Waals surface area contributed by atoms with Gasteiger partial charge < -0.3 is 21.3 Å². The fourth-order valence-corrected chi connectivity index (χ4v) is 5.58. The predicted molar refractivity (Wildman–Crippen MR) is 147 cm³/mol. The molecule has 2 aliphatic rings. The van der Waals surface area contributed by atoms with Crippen LogP contribution in [0.4, 0.5) is 11.4 Å². The molecule has 1 fully saturated rings. The summed E-state index contributed by atoms with van der Waals surface area (Å²) in [5.74, 6) is 0.749. The van der Waals surface area contributed by atoms with Crippen molar-refractivity contribution in [3.63, 3.8) is 0 Å². The van der Waals surface area contributed by atoms with Crippen LogP contribution in [0, 0.1) is 24.7 Å². The van der Waals surface area contributed by atoms with Crippen molar-refractivity contribution >= 4 is 29.1 Å². The minimum atomic E-state index is -0.422. The zero-order valence-corrected chi connectivity index (χ0v) is 22.3. The molecule has 1 aliphatic carbocycles. The van der Waals surface area contributed by atoms with Gasteiger partial charge in [0.25, 0.3) is 5.91 Å². The van der Waals surface area contributed by atoms with Crippen molar-refractivity contribution in [3.05, 3.63) is 59.2 Å². The van der Waals surface area contributed by atoms with Crippen LogP contribution < -0.4 is 21.3 Å². The molecular weight excluding hydrogens is 464 g/mol. The van der Waals surface area contributed by atoms with Crippen LogP contribution >= 0.6 is 0 Å². The zero-order valence-electron chi connectivity index (χ0n) is 22.3. The first-order valence-corrected chi connectivity index (χ1v) is 13.6. The highest BCUT2D eigenvalue weighted by molar-refractivity contribution is 6.06. The summed E-state index contributed by atoms with van der Waals surface area (Å²) >= 11 is 0. The molecule has 7 nitrogen and oxygen atoms in total. The van der Waals surface area contributed by atoms with Gasteiger partial charge in [-0.05, 0) is 74.2 Å². The van der Waals surface area contributed by atoms with E-state index >= 15 is 0 Å². The maximum Gasteiger partial charge on any atom is 0.251 e. The number of amides is 3. The number of carbonyl (C=O) groups is 3. The number of nitrogens with one attached hydrogen (secondary N) is 2. The molecule has 0 spiro atoms. The number of hydrogen-bond acceptors (Lipinski definition) is 4. The number of nitrogens with zero attached hydrogens (tertiary/aromatic N) is 1. The Labute approximate surface area is 220 Å². The molecule has 3 unspecified atom stereocenters. The third-order valence-electron chi connectivity index (χ3n) is 7.57. The summed E-state index contributed by atoms with van der Waals surface area (Å²) in [4.78, 5) is 41.3. The number of hydrogen-bond donors (Lipinski definition) is 3. The van der Waals surface area contributed by atoms with Crippen molar-refractivity contribution in [1.29, 1.82) is 0 Å². The van der Waals surface area contributed by atoms with E-state index in [4.69, 9.17) is 5.73 Å². The summed E-state index contributed by atoms with van der Waals surface area (Å²) in [6, 6.07) is 12.8. The van der Waals surface area contributed by atoms with Crippen LogP contribution in [0.15, 0.2) is 42.5 Å². The quantitative estimate of drug-likeness (QED) is 0.496. The first-order valence-electron chi connectivity index (χ1n) is 13.6. The minimum Gasteiger partial charge on any atom is -0.352 e. The van der Waals surface area contributed by atoms with Crippen LogP contribution in [0.2, 0.25) is 0 Å². The van der Waals surface area contributed by atoms with Crippen LogP contribution in [0.25, 0.3) is 0 Å². The van der Waals surface area contributed by atoms with Gasteiger partial charge in [0, 0.05) is 18.5 Å². The normalized spacial score (nSPS) is 21.7. The van der Waals surface area contributed by atoms with E-state index in [1.165, 1.54) is 6.42 Å². The van der Waals surface area contributed by atoms with Gasteiger partial charge in [-0.3, -0.25) is 14.4 Å². The monoisotopic (exact) mass is 504 g/mol. The summed E-state index contributed by atoms with van der Waals surface area (Å²) in [5, 5.41) is 6.03. The third-order valence-corrected chi connectivity index (χ3v) is 7.57. The lowest BCUT2D eigenvalue weighted by Crippen LogP contribution is -2.36. The Kier molecular flexibility index (Phi) is 8.64. The Morgan fingerprint density at radius 2 is 1.84 bits per heavy atom. The van der Waals surface area contributed by atoms with E-state index < -0.39 is 6.04 Å². The largest absolute Gasteiger partial charge is 0.352 e. The summed E-state index contributed by atoms with van der Waals surface area (Å²) in [6.07, 6.45) is 4.97. The van der Waals surface area contributed by atoms with Gasteiger partial charge in [0.2, 0.25) is 11.8 Å². The molecule has 37 heavy (non-hydrogen) atoms. The second-order valence-electron chi connectivity index (χ2n) is 11.1. The number of fused-ring (bicyclic) bond motifs is 1. The number of carbonyl (C=O) groups excluding carboxylic acids is 3. The van der Waals surface area contributed by atoms with Crippen molar-refractivity contribution in [2.24, 2.45) is 23.5 Å². The average molecular weight is 505 g/mol. The van der Waals surface area contributed by atoms with Crippen LogP contribution in [0.3, 0.4) is 0 Å². The number of nitrogens with two attached hydrogens (primary N) is 1. The average Bonchev–Trinajstić information content (AvgIpc) is 3.02. The van der Waals surface area contributed by atoms with Crippen LogP contribution in [-0.2, 0) is 9.59 Å². The highest BCUT2D eigenvalue weighted by Crippen LogP contribution is 2.39. The zero-order chi connectivity index (χ0) is 26.5. The molecule has 1 saturated carbocycles. The summed E-state index contributed by atoms with van der Waals surface area (Å²) in [5.41, 5.74) is 9.47. The third kappa shape index (κ3) is 6.58. The van der Waals surface area contributed by atoms with Crippen LogP contribution in [0.5, 0.6) is 0 Å². The van der Waals surface area contributed by atoms with E-state index in [0.717, 1.165) is 30.4 Å². The SMILES string of the molecule is Cc1ccc(C2CC(=O)Nc3cc(C(=O)NCC4CCCC(CN)C4)ccc3N2C(=O)CC(C)C)cc1. The Hall–Kier alpha value is -3.19. The molecule has 198 valence electrons. The molecule has 0 aromatic heterocycles. The molecule has 2 aromatic rings. The van der Waals surface area contributed by atoms with E-state index in [1.807, 2.05) is 45.0 Å². The van der Waals surface area contributed by atoms with Crippen molar-refractivity contribution in [2.45, 2.75) is 65.3 Å². The molecule has 3 amide bonds. The molecule has 7 heteroatoms. The Balaban J connectivity index is 1.60. The van der Waals surface area contributed by atoms with Gasteiger partial charge in [-0.2, -0.15) is 0 Å². The van der Waals surface area contributed by atoms with Crippen LogP contribution in [0.1, 0.15) is 79.9 Å². The Morgan fingerprint density at radius 1 is 1.11 bits per heavy atom. The number of aryl methyl sites for hydroxylation is 1. The maximum atomic E-state index is 13.5. The van der Waals surface area contributed by atoms with E-state index in [9.17, 15) is 14.4 Å². The van der Waals surface area contributed by atoms with E-state index in [2.05, 4.69) is 10.6 Å². The molecule has 0 saturated heterocycles.